The molecule has 1 saturated heterocycles. The fourth-order valence-electron chi connectivity index (χ4n) is 2.28. The normalized spacial score (nSPS) is 20.7. The van der Waals surface area contributed by atoms with Crippen molar-refractivity contribution in [1.29, 1.82) is 0 Å². The van der Waals surface area contributed by atoms with E-state index in [1.165, 1.54) is 0 Å². The van der Waals surface area contributed by atoms with Crippen molar-refractivity contribution in [2.24, 2.45) is 10.9 Å². The molecule has 0 saturated carbocycles. The molecule has 18 heavy (non-hydrogen) atoms. The van der Waals surface area contributed by atoms with Crippen LogP contribution >= 0.6 is 0 Å². The van der Waals surface area contributed by atoms with Crippen molar-refractivity contribution in [3.63, 3.8) is 0 Å². The minimum Gasteiger partial charge on any atom is -0.409 e. The lowest BCUT2D eigenvalue weighted by atomic mass is 10.2. The van der Waals surface area contributed by atoms with Crippen LogP contribution in [0.4, 0.5) is 5.69 Å². The van der Waals surface area contributed by atoms with Gasteiger partial charge in [0.1, 0.15) is 5.69 Å². The SMILES string of the molecule is CN(C)C1CCN(c2cccnc2/C(N)=N/O)C1. The number of likely N-dealkylation sites (N-methyl/N-ethyl adjacent to an activating group) is 1. The number of hydrogen-bond donors (Lipinski definition) is 2. The number of nitrogens with two attached hydrogens (primary N) is 1. The lowest BCUT2D eigenvalue weighted by Gasteiger charge is -2.23. The fraction of sp³-hybridized carbons (Fsp3) is 0.500. The Kier molecular flexibility index (Phi) is 3.66. The number of nitrogens with zero attached hydrogens (tertiary/aromatic N) is 4. The standard InChI is InChI=1S/C12H19N5O/c1-16(2)9-5-7-17(8-9)10-4-3-6-14-11(10)12(13)15-18/h3-4,6,9,18H,5,7-8H2,1-2H3,(H2,13,15). The van der Waals surface area contributed by atoms with Gasteiger partial charge in [-0.1, -0.05) is 5.16 Å². The fourth-order valence-corrected chi connectivity index (χ4v) is 2.28. The highest BCUT2D eigenvalue weighted by molar-refractivity contribution is 6.00. The Morgan fingerprint density at radius 3 is 3.00 bits per heavy atom. The monoisotopic (exact) mass is 249 g/mol. The zero-order valence-corrected chi connectivity index (χ0v) is 10.7. The minimum atomic E-state index is 0.0545. The second-order valence-electron chi connectivity index (χ2n) is 4.71. The van der Waals surface area contributed by atoms with Gasteiger partial charge >= 0.3 is 0 Å². The number of aromatic nitrogens is 1. The van der Waals surface area contributed by atoms with Gasteiger partial charge in [0.05, 0.1) is 5.69 Å². The van der Waals surface area contributed by atoms with E-state index in [9.17, 15) is 0 Å². The first-order valence-electron chi connectivity index (χ1n) is 5.97. The molecule has 98 valence electrons. The van der Waals surface area contributed by atoms with E-state index in [0.29, 0.717) is 11.7 Å². The lowest BCUT2D eigenvalue weighted by Crippen LogP contribution is -2.32. The maximum absolute atomic E-state index is 8.79. The third-order valence-electron chi connectivity index (χ3n) is 3.37. The molecule has 1 aliphatic heterocycles. The van der Waals surface area contributed by atoms with Gasteiger partial charge in [-0.2, -0.15) is 0 Å². The van der Waals surface area contributed by atoms with E-state index in [0.717, 1.165) is 25.2 Å². The molecule has 0 bridgehead atoms. The Bertz CT molecular complexity index is 446. The molecule has 1 fully saturated rings. The number of amidine groups is 1. The molecule has 0 spiro atoms. The lowest BCUT2D eigenvalue weighted by molar-refractivity contribution is 0.315. The quantitative estimate of drug-likeness (QED) is 0.349. The van der Waals surface area contributed by atoms with E-state index in [-0.39, 0.29) is 5.84 Å². The zero-order chi connectivity index (χ0) is 13.1. The number of oxime groups is 1. The zero-order valence-electron chi connectivity index (χ0n) is 10.7. The van der Waals surface area contributed by atoms with E-state index < -0.39 is 0 Å². The Balaban J connectivity index is 2.25. The third-order valence-corrected chi connectivity index (χ3v) is 3.37. The first kappa shape index (κ1) is 12.6. The molecular formula is C12H19N5O. The molecule has 2 heterocycles. The van der Waals surface area contributed by atoms with Crippen molar-refractivity contribution < 1.29 is 5.21 Å². The average molecular weight is 249 g/mol. The summed E-state index contributed by atoms with van der Waals surface area (Å²) < 4.78 is 0. The largest absolute Gasteiger partial charge is 0.409 e. The van der Waals surface area contributed by atoms with Gasteiger partial charge < -0.3 is 20.7 Å². The molecule has 0 amide bonds. The van der Waals surface area contributed by atoms with Crippen molar-refractivity contribution in [2.45, 2.75) is 12.5 Å². The summed E-state index contributed by atoms with van der Waals surface area (Å²) in [6.07, 6.45) is 2.76. The van der Waals surface area contributed by atoms with E-state index in [2.05, 4.69) is 34.0 Å². The predicted octanol–water partition coefficient (Wildman–Crippen LogP) is 0.316. The summed E-state index contributed by atoms with van der Waals surface area (Å²) in [4.78, 5) is 8.64. The van der Waals surface area contributed by atoms with Crippen LogP contribution < -0.4 is 10.6 Å². The molecule has 0 aromatic carbocycles. The Hall–Kier alpha value is -1.82. The summed E-state index contributed by atoms with van der Waals surface area (Å²) in [7, 11) is 4.17. The molecule has 6 nitrogen and oxygen atoms in total. The van der Waals surface area contributed by atoms with Crippen molar-refractivity contribution in [2.75, 3.05) is 32.1 Å². The van der Waals surface area contributed by atoms with E-state index in [1.807, 2.05) is 12.1 Å². The molecule has 3 N–H and O–H groups in total. The van der Waals surface area contributed by atoms with Crippen LogP contribution in [0.5, 0.6) is 0 Å². The summed E-state index contributed by atoms with van der Waals surface area (Å²) in [6, 6.07) is 4.36. The van der Waals surface area contributed by atoms with Crippen LogP contribution in [0.2, 0.25) is 0 Å². The minimum absolute atomic E-state index is 0.0545. The van der Waals surface area contributed by atoms with Gasteiger partial charge in [0, 0.05) is 25.3 Å². The number of hydrogen-bond acceptors (Lipinski definition) is 5. The smallest absolute Gasteiger partial charge is 0.190 e. The van der Waals surface area contributed by atoms with Crippen molar-refractivity contribution >= 4 is 11.5 Å². The first-order valence-corrected chi connectivity index (χ1v) is 5.97. The number of rotatable bonds is 3. The molecular weight excluding hydrogens is 230 g/mol. The van der Waals surface area contributed by atoms with Gasteiger partial charge in [0.25, 0.3) is 0 Å². The number of anilines is 1. The van der Waals surface area contributed by atoms with E-state index >= 15 is 0 Å². The van der Waals surface area contributed by atoms with Crippen molar-refractivity contribution in [3.8, 4) is 0 Å². The second-order valence-corrected chi connectivity index (χ2v) is 4.71. The highest BCUT2D eigenvalue weighted by Crippen LogP contribution is 2.24. The van der Waals surface area contributed by atoms with Crippen molar-refractivity contribution in [3.05, 3.63) is 24.0 Å². The Morgan fingerprint density at radius 2 is 2.39 bits per heavy atom. The molecule has 1 atom stereocenters. The third kappa shape index (κ3) is 2.38. The molecule has 0 radical (unpaired) electrons. The van der Waals surface area contributed by atoms with Crippen molar-refractivity contribution in [1.82, 2.24) is 9.88 Å². The molecule has 6 heteroatoms. The van der Waals surface area contributed by atoms with Crippen LogP contribution in [0.3, 0.4) is 0 Å². The maximum Gasteiger partial charge on any atom is 0.190 e. The molecule has 1 unspecified atom stereocenters. The molecule has 1 aromatic rings. The predicted molar refractivity (Wildman–Crippen MR) is 71.1 cm³/mol. The molecule has 2 rings (SSSR count). The van der Waals surface area contributed by atoms with Crippen LogP contribution in [0, 0.1) is 0 Å². The van der Waals surface area contributed by atoms with Crippen LogP contribution in [0.15, 0.2) is 23.5 Å². The first-order chi connectivity index (χ1) is 8.63. The molecule has 1 aliphatic rings. The van der Waals surface area contributed by atoms with Crippen LogP contribution in [0.1, 0.15) is 12.1 Å². The topological polar surface area (TPSA) is 78.0 Å². The van der Waals surface area contributed by atoms with Gasteiger partial charge in [-0.15, -0.1) is 0 Å². The average Bonchev–Trinajstić information content (AvgIpc) is 2.87. The van der Waals surface area contributed by atoms with Gasteiger partial charge in [-0.25, -0.2) is 0 Å². The maximum atomic E-state index is 8.79. The molecule has 1 aromatic heterocycles. The summed E-state index contributed by atoms with van der Waals surface area (Å²) in [5, 5.41) is 11.8. The summed E-state index contributed by atoms with van der Waals surface area (Å²) in [5.41, 5.74) is 7.13. The van der Waals surface area contributed by atoms with E-state index in [4.69, 9.17) is 10.9 Å². The van der Waals surface area contributed by atoms with Gasteiger partial charge in [0.15, 0.2) is 5.84 Å². The van der Waals surface area contributed by atoms with Gasteiger partial charge in [-0.05, 0) is 32.6 Å². The summed E-state index contributed by atoms with van der Waals surface area (Å²) >= 11 is 0. The highest BCUT2D eigenvalue weighted by Gasteiger charge is 2.26. The summed E-state index contributed by atoms with van der Waals surface area (Å²) in [5.74, 6) is 0.0545. The Morgan fingerprint density at radius 1 is 1.61 bits per heavy atom. The second kappa shape index (κ2) is 5.22. The summed E-state index contributed by atoms with van der Waals surface area (Å²) in [6.45, 7) is 1.89. The van der Waals surface area contributed by atoms with Crippen LogP contribution in [0.25, 0.3) is 0 Å². The highest BCUT2D eigenvalue weighted by atomic mass is 16.4. The number of pyridine rings is 1. The van der Waals surface area contributed by atoms with E-state index in [1.54, 1.807) is 6.20 Å². The Labute approximate surface area is 107 Å². The molecule has 0 aliphatic carbocycles. The van der Waals surface area contributed by atoms with Gasteiger partial charge in [0.2, 0.25) is 0 Å². The van der Waals surface area contributed by atoms with Crippen LogP contribution in [-0.2, 0) is 0 Å². The van der Waals surface area contributed by atoms with Gasteiger partial charge in [-0.3, -0.25) is 4.98 Å². The van der Waals surface area contributed by atoms with Crippen LogP contribution in [-0.4, -0.2) is 54.2 Å².